The van der Waals surface area contributed by atoms with E-state index in [2.05, 4.69) is 15.5 Å². The van der Waals surface area contributed by atoms with Gasteiger partial charge in [0.15, 0.2) is 0 Å². The largest absolute Gasteiger partial charge is 0.396 e. The van der Waals surface area contributed by atoms with Crippen LogP contribution in [0.4, 0.5) is 5.69 Å². The highest BCUT2D eigenvalue weighted by Crippen LogP contribution is 2.04. The number of aromatic amines is 1. The maximum atomic E-state index is 11.5. The summed E-state index contributed by atoms with van der Waals surface area (Å²) in [5.41, 5.74) is 5.82. The summed E-state index contributed by atoms with van der Waals surface area (Å²) in [4.78, 5) is 11.5. The molecular formula is C8H15N5O3S. The van der Waals surface area contributed by atoms with Gasteiger partial charge in [0.1, 0.15) is 5.69 Å². The molecule has 1 heterocycles. The zero-order valence-electron chi connectivity index (χ0n) is 9.60. The topological polar surface area (TPSA) is 121 Å². The number of anilines is 1. The first kappa shape index (κ1) is 13.5. The molecule has 4 N–H and O–H groups in total. The number of carbonyl (C=O) groups is 1. The van der Waals surface area contributed by atoms with E-state index in [9.17, 15) is 13.2 Å². The number of carbonyl (C=O) groups excluding carboxylic acids is 1. The number of H-pyrrole nitrogens is 1. The Balaban J connectivity index is 2.49. The van der Waals surface area contributed by atoms with Gasteiger partial charge in [-0.2, -0.15) is 5.10 Å². The normalized spacial score (nSPS) is 11.7. The van der Waals surface area contributed by atoms with Gasteiger partial charge in [0.2, 0.25) is 10.0 Å². The van der Waals surface area contributed by atoms with Crippen LogP contribution in [-0.2, 0) is 10.0 Å². The van der Waals surface area contributed by atoms with E-state index in [1.807, 2.05) is 0 Å². The van der Waals surface area contributed by atoms with E-state index in [1.165, 1.54) is 20.3 Å². The molecule has 0 unspecified atom stereocenters. The Labute approximate surface area is 99.2 Å². The molecule has 8 nitrogen and oxygen atoms in total. The first-order valence-electron chi connectivity index (χ1n) is 4.82. The monoisotopic (exact) mass is 261 g/mol. The number of hydrogen-bond donors (Lipinski definition) is 3. The summed E-state index contributed by atoms with van der Waals surface area (Å²) in [5, 5.41) is 8.46. The summed E-state index contributed by atoms with van der Waals surface area (Å²) < 4.78 is 23.9. The summed E-state index contributed by atoms with van der Waals surface area (Å²) in [6.45, 7) is 0.0117. The number of nitrogen functional groups attached to an aromatic ring is 1. The number of amides is 1. The minimum absolute atomic E-state index is 0.0117. The molecule has 0 aliphatic carbocycles. The molecule has 0 saturated heterocycles. The molecular weight excluding hydrogens is 246 g/mol. The van der Waals surface area contributed by atoms with Crippen LogP contribution < -0.4 is 11.1 Å². The number of aromatic nitrogens is 2. The number of rotatable bonds is 5. The fraction of sp³-hybridized carbons (Fsp3) is 0.500. The van der Waals surface area contributed by atoms with Gasteiger partial charge in [-0.3, -0.25) is 9.89 Å². The van der Waals surface area contributed by atoms with Gasteiger partial charge in [-0.1, -0.05) is 0 Å². The average Bonchev–Trinajstić information content (AvgIpc) is 2.63. The summed E-state index contributed by atoms with van der Waals surface area (Å²) in [6.07, 6.45) is 1.31. The molecule has 0 aliphatic rings. The van der Waals surface area contributed by atoms with Crippen LogP contribution in [0.3, 0.4) is 0 Å². The predicted octanol–water partition coefficient (Wildman–Crippen LogP) is -1.39. The van der Waals surface area contributed by atoms with Gasteiger partial charge in [-0.25, -0.2) is 12.7 Å². The van der Waals surface area contributed by atoms with E-state index in [4.69, 9.17) is 5.73 Å². The van der Waals surface area contributed by atoms with Crippen LogP contribution in [0, 0.1) is 0 Å². The molecule has 0 saturated carbocycles. The van der Waals surface area contributed by atoms with Crippen molar-refractivity contribution in [3.05, 3.63) is 11.9 Å². The lowest BCUT2D eigenvalue weighted by Crippen LogP contribution is -2.34. The third kappa shape index (κ3) is 3.43. The van der Waals surface area contributed by atoms with Crippen molar-refractivity contribution in [3.63, 3.8) is 0 Å². The van der Waals surface area contributed by atoms with Crippen LogP contribution in [0.25, 0.3) is 0 Å². The van der Waals surface area contributed by atoms with Crippen molar-refractivity contribution < 1.29 is 13.2 Å². The number of nitrogens with two attached hydrogens (primary N) is 1. The zero-order chi connectivity index (χ0) is 13.1. The van der Waals surface area contributed by atoms with Crippen LogP contribution in [0.5, 0.6) is 0 Å². The van der Waals surface area contributed by atoms with Crippen molar-refractivity contribution in [1.82, 2.24) is 19.8 Å². The van der Waals surface area contributed by atoms with Gasteiger partial charge >= 0.3 is 0 Å². The van der Waals surface area contributed by atoms with Crippen molar-refractivity contribution in [2.75, 3.05) is 32.1 Å². The smallest absolute Gasteiger partial charge is 0.271 e. The van der Waals surface area contributed by atoms with Gasteiger partial charge in [-0.15, -0.1) is 0 Å². The molecule has 9 heteroatoms. The summed E-state index contributed by atoms with van der Waals surface area (Å²) in [5.74, 6) is -0.645. The SMILES string of the molecule is CN(C)S(=O)(=O)CCNC(=O)c1[nH]ncc1N. The van der Waals surface area contributed by atoms with E-state index >= 15 is 0 Å². The second-order valence-corrected chi connectivity index (χ2v) is 5.86. The number of nitrogens with zero attached hydrogens (tertiary/aromatic N) is 2. The van der Waals surface area contributed by atoms with E-state index in [0.29, 0.717) is 0 Å². The van der Waals surface area contributed by atoms with Crippen molar-refractivity contribution >= 4 is 21.6 Å². The molecule has 0 spiro atoms. The Kier molecular flexibility index (Phi) is 4.07. The van der Waals surface area contributed by atoms with Crippen molar-refractivity contribution in [1.29, 1.82) is 0 Å². The van der Waals surface area contributed by atoms with Gasteiger partial charge in [0, 0.05) is 20.6 Å². The van der Waals surface area contributed by atoms with Crippen molar-refractivity contribution in [2.24, 2.45) is 0 Å². The lowest BCUT2D eigenvalue weighted by Gasteiger charge is -2.11. The second kappa shape index (κ2) is 5.15. The fourth-order valence-electron chi connectivity index (χ4n) is 1.04. The molecule has 17 heavy (non-hydrogen) atoms. The predicted molar refractivity (Wildman–Crippen MR) is 62.8 cm³/mol. The van der Waals surface area contributed by atoms with Gasteiger partial charge in [0.25, 0.3) is 5.91 Å². The molecule has 0 radical (unpaired) electrons. The lowest BCUT2D eigenvalue weighted by atomic mass is 10.3. The Morgan fingerprint density at radius 1 is 1.59 bits per heavy atom. The second-order valence-electron chi connectivity index (χ2n) is 3.55. The molecule has 0 atom stereocenters. The van der Waals surface area contributed by atoms with Crippen LogP contribution in [-0.4, -0.2) is 55.2 Å². The molecule has 1 aromatic heterocycles. The fourth-order valence-corrected chi connectivity index (χ4v) is 1.77. The molecule has 0 bridgehead atoms. The van der Waals surface area contributed by atoms with Gasteiger partial charge in [-0.05, 0) is 0 Å². The maximum Gasteiger partial charge on any atom is 0.271 e. The van der Waals surface area contributed by atoms with Crippen molar-refractivity contribution in [2.45, 2.75) is 0 Å². The van der Waals surface area contributed by atoms with Crippen molar-refractivity contribution in [3.8, 4) is 0 Å². The summed E-state index contributed by atoms with van der Waals surface area (Å²) in [6, 6.07) is 0. The highest BCUT2D eigenvalue weighted by molar-refractivity contribution is 7.89. The van der Waals surface area contributed by atoms with E-state index in [1.54, 1.807) is 0 Å². The van der Waals surface area contributed by atoms with E-state index < -0.39 is 15.9 Å². The Morgan fingerprint density at radius 2 is 2.24 bits per heavy atom. The molecule has 0 aromatic carbocycles. The average molecular weight is 261 g/mol. The molecule has 96 valence electrons. The van der Waals surface area contributed by atoms with E-state index in [0.717, 1.165) is 4.31 Å². The summed E-state index contributed by atoms with van der Waals surface area (Å²) >= 11 is 0. The van der Waals surface area contributed by atoms with Crippen LogP contribution >= 0.6 is 0 Å². The number of hydrogen-bond acceptors (Lipinski definition) is 5. The van der Waals surface area contributed by atoms with Gasteiger partial charge in [0.05, 0.1) is 17.6 Å². The lowest BCUT2D eigenvalue weighted by molar-refractivity contribution is 0.0952. The molecule has 1 amide bonds. The zero-order valence-corrected chi connectivity index (χ0v) is 10.4. The van der Waals surface area contributed by atoms with Crippen LogP contribution in [0.15, 0.2) is 6.20 Å². The van der Waals surface area contributed by atoms with E-state index in [-0.39, 0.29) is 23.7 Å². The minimum atomic E-state index is -3.31. The number of sulfonamides is 1. The number of nitrogens with one attached hydrogen (secondary N) is 2. The third-order valence-corrected chi connectivity index (χ3v) is 3.93. The third-order valence-electron chi connectivity index (χ3n) is 2.10. The first-order valence-corrected chi connectivity index (χ1v) is 6.43. The highest BCUT2D eigenvalue weighted by Gasteiger charge is 2.15. The molecule has 1 rings (SSSR count). The van der Waals surface area contributed by atoms with Gasteiger partial charge < -0.3 is 11.1 Å². The maximum absolute atomic E-state index is 11.5. The summed E-state index contributed by atoms with van der Waals surface area (Å²) in [7, 11) is -0.442. The minimum Gasteiger partial charge on any atom is -0.396 e. The molecule has 0 aliphatic heterocycles. The van der Waals surface area contributed by atoms with Crippen LogP contribution in [0.2, 0.25) is 0 Å². The molecule has 0 fully saturated rings. The Hall–Kier alpha value is -1.61. The quantitative estimate of drug-likeness (QED) is 0.602. The first-order chi connectivity index (χ1) is 7.84. The standard InChI is InChI=1S/C8H15N5O3S/c1-13(2)17(15,16)4-3-10-8(14)7-6(9)5-11-12-7/h5H,3-4,9H2,1-2H3,(H,10,14)(H,11,12). The Morgan fingerprint density at radius 3 is 2.71 bits per heavy atom. The molecule has 1 aromatic rings. The Bertz CT molecular complexity index is 493. The van der Waals surface area contributed by atoms with Crippen LogP contribution in [0.1, 0.15) is 10.5 Å². The highest BCUT2D eigenvalue weighted by atomic mass is 32.2.